The van der Waals surface area contributed by atoms with Gasteiger partial charge in [0.05, 0.1) is 18.2 Å². The highest BCUT2D eigenvalue weighted by atomic mass is 16.4. The van der Waals surface area contributed by atoms with Crippen molar-refractivity contribution >= 4 is 0 Å². The van der Waals surface area contributed by atoms with E-state index in [1.807, 2.05) is 54.4 Å². The highest BCUT2D eigenvalue weighted by Crippen LogP contribution is 2.18. The molecule has 0 saturated heterocycles. The summed E-state index contributed by atoms with van der Waals surface area (Å²) in [4.78, 5) is 6.09. The molecule has 6 nitrogen and oxygen atoms in total. The van der Waals surface area contributed by atoms with Crippen LogP contribution in [0.4, 0.5) is 0 Å². The Bertz CT molecular complexity index is 746. The van der Waals surface area contributed by atoms with Crippen LogP contribution >= 0.6 is 0 Å². The van der Waals surface area contributed by atoms with Gasteiger partial charge in [-0.25, -0.2) is 0 Å². The standard InChI is InChI=1S/C18H20N4O2/c1-22(11-9-16(23)14-6-3-2-4-7-14)13-17-20-21-18(24-17)15-8-5-10-19-12-15/h2-8,10,12,16,23H,9,11,13H2,1H3. The minimum absolute atomic E-state index is 0.468. The molecule has 2 aromatic heterocycles. The molecular weight excluding hydrogens is 304 g/mol. The average molecular weight is 324 g/mol. The molecule has 0 bridgehead atoms. The van der Waals surface area contributed by atoms with E-state index in [-0.39, 0.29) is 0 Å². The van der Waals surface area contributed by atoms with E-state index >= 15 is 0 Å². The van der Waals surface area contributed by atoms with Gasteiger partial charge in [-0.2, -0.15) is 0 Å². The summed E-state index contributed by atoms with van der Waals surface area (Å²) in [6.07, 6.45) is 3.57. The summed E-state index contributed by atoms with van der Waals surface area (Å²) in [6, 6.07) is 13.4. The van der Waals surface area contributed by atoms with Gasteiger partial charge in [-0.15, -0.1) is 10.2 Å². The first-order chi connectivity index (χ1) is 11.7. The van der Waals surface area contributed by atoms with Crippen molar-refractivity contribution < 1.29 is 9.52 Å². The van der Waals surface area contributed by atoms with Gasteiger partial charge in [-0.1, -0.05) is 30.3 Å². The summed E-state index contributed by atoms with van der Waals surface area (Å²) in [5, 5.41) is 18.3. The first-order valence-electron chi connectivity index (χ1n) is 7.86. The molecule has 0 amide bonds. The number of rotatable bonds is 7. The molecule has 1 N–H and O–H groups in total. The molecule has 1 atom stereocenters. The van der Waals surface area contributed by atoms with E-state index in [1.54, 1.807) is 12.4 Å². The Labute approximate surface area is 140 Å². The van der Waals surface area contributed by atoms with E-state index in [9.17, 15) is 5.11 Å². The van der Waals surface area contributed by atoms with Crippen LogP contribution in [0.25, 0.3) is 11.5 Å². The molecule has 1 aromatic carbocycles. The number of hydrogen-bond acceptors (Lipinski definition) is 6. The molecule has 0 fully saturated rings. The summed E-state index contributed by atoms with van der Waals surface area (Å²) < 4.78 is 5.67. The molecule has 1 unspecified atom stereocenters. The van der Waals surface area contributed by atoms with E-state index in [4.69, 9.17) is 4.42 Å². The Morgan fingerprint density at radius 2 is 1.96 bits per heavy atom. The van der Waals surface area contributed by atoms with Gasteiger partial charge in [0.15, 0.2) is 0 Å². The fourth-order valence-electron chi connectivity index (χ4n) is 2.42. The van der Waals surface area contributed by atoms with Crippen LogP contribution in [0.1, 0.15) is 24.0 Å². The normalized spacial score (nSPS) is 12.5. The van der Waals surface area contributed by atoms with Crippen molar-refractivity contribution in [3.8, 4) is 11.5 Å². The Hall–Kier alpha value is -2.57. The second-order valence-electron chi connectivity index (χ2n) is 5.70. The lowest BCUT2D eigenvalue weighted by atomic mass is 10.1. The number of pyridine rings is 1. The van der Waals surface area contributed by atoms with Crippen LogP contribution < -0.4 is 0 Å². The zero-order chi connectivity index (χ0) is 16.8. The zero-order valence-electron chi connectivity index (χ0n) is 13.5. The van der Waals surface area contributed by atoms with Gasteiger partial charge in [-0.3, -0.25) is 9.88 Å². The van der Waals surface area contributed by atoms with Crippen molar-refractivity contribution in [2.75, 3.05) is 13.6 Å². The fraction of sp³-hybridized carbons (Fsp3) is 0.278. The molecule has 0 aliphatic carbocycles. The summed E-state index contributed by atoms with van der Waals surface area (Å²) >= 11 is 0. The van der Waals surface area contributed by atoms with Crippen LogP contribution in [0.5, 0.6) is 0 Å². The maximum absolute atomic E-state index is 10.2. The maximum atomic E-state index is 10.2. The lowest BCUT2D eigenvalue weighted by Crippen LogP contribution is -2.21. The fourth-order valence-corrected chi connectivity index (χ4v) is 2.42. The zero-order valence-corrected chi connectivity index (χ0v) is 13.5. The maximum Gasteiger partial charge on any atom is 0.249 e. The van der Waals surface area contributed by atoms with Gasteiger partial charge in [0, 0.05) is 18.9 Å². The van der Waals surface area contributed by atoms with Crippen molar-refractivity contribution in [1.82, 2.24) is 20.1 Å². The molecule has 0 aliphatic rings. The van der Waals surface area contributed by atoms with Gasteiger partial charge in [0.25, 0.3) is 0 Å². The van der Waals surface area contributed by atoms with E-state index < -0.39 is 6.10 Å². The Morgan fingerprint density at radius 1 is 1.12 bits per heavy atom. The Balaban J connectivity index is 1.52. The molecular formula is C18H20N4O2. The van der Waals surface area contributed by atoms with Crippen molar-refractivity contribution in [2.45, 2.75) is 19.1 Å². The van der Waals surface area contributed by atoms with Crippen LogP contribution in [0.3, 0.4) is 0 Å². The highest BCUT2D eigenvalue weighted by Gasteiger charge is 2.12. The second-order valence-corrected chi connectivity index (χ2v) is 5.70. The van der Waals surface area contributed by atoms with Crippen LogP contribution in [-0.2, 0) is 6.54 Å². The van der Waals surface area contributed by atoms with E-state index in [0.29, 0.717) is 24.7 Å². The number of aliphatic hydroxyl groups excluding tert-OH is 1. The molecule has 6 heteroatoms. The van der Waals surface area contributed by atoms with Crippen molar-refractivity contribution in [3.05, 3.63) is 66.3 Å². The quantitative estimate of drug-likeness (QED) is 0.720. The van der Waals surface area contributed by atoms with Crippen LogP contribution in [0, 0.1) is 0 Å². The summed E-state index contributed by atoms with van der Waals surface area (Å²) in [5.41, 5.74) is 1.74. The molecule has 0 saturated carbocycles. The SMILES string of the molecule is CN(CCC(O)c1ccccc1)Cc1nnc(-c2cccnc2)o1. The largest absolute Gasteiger partial charge is 0.419 e. The first kappa shape index (κ1) is 16.3. The van der Waals surface area contributed by atoms with Gasteiger partial charge < -0.3 is 9.52 Å². The van der Waals surface area contributed by atoms with Crippen LogP contribution in [0.2, 0.25) is 0 Å². The Kier molecular flexibility index (Phi) is 5.30. The van der Waals surface area contributed by atoms with Gasteiger partial charge in [0.1, 0.15) is 0 Å². The van der Waals surface area contributed by atoms with Gasteiger partial charge >= 0.3 is 0 Å². The number of hydrogen-bond donors (Lipinski definition) is 1. The molecule has 24 heavy (non-hydrogen) atoms. The molecule has 3 aromatic rings. The minimum atomic E-state index is -0.470. The summed E-state index contributed by atoms with van der Waals surface area (Å²) in [5.74, 6) is 1.02. The molecule has 0 radical (unpaired) electrons. The number of nitrogens with zero attached hydrogens (tertiary/aromatic N) is 4. The summed E-state index contributed by atoms with van der Waals surface area (Å²) in [6.45, 7) is 1.26. The minimum Gasteiger partial charge on any atom is -0.419 e. The lowest BCUT2D eigenvalue weighted by molar-refractivity contribution is 0.145. The molecule has 124 valence electrons. The molecule has 3 rings (SSSR count). The number of benzene rings is 1. The predicted molar refractivity (Wildman–Crippen MR) is 89.9 cm³/mol. The van der Waals surface area contributed by atoms with E-state index in [1.165, 1.54) is 0 Å². The predicted octanol–water partition coefficient (Wildman–Crippen LogP) is 2.69. The lowest BCUT2D eigenvalue weighted by Gasteiger charge is -2.17. The van der Waals surface area contributed by atoms with E-state index in [0.717, 1.165) is 17.7 Å². The topological polar surface area (TPSA) is 75.3 Å². The van der Waals surface area contributed by atoms with Crippen LogP contribution in [-0.4, -0.2) is 38.8 Å². The van der Waals surface area contributed by atoms with Crippen molar-refractivity contribution in [2.24, 2.45) is 0 Å². The molecule has 2 heterocycles. The first-order valence-corrected chi connectivity index (χ1v) is 7.86. The van der Waals surface area contributed by atoms with E-state index in [2.05, 4.69) is 15.2 Å². The van der Waals surface area contributed by atoms with Crippen molar-refractivity contribution in [3.63, 3.8) is 0 Å². The highest BCUT2D eigenvalue weighted by molar-refractivity contribution is 5.49. The Morgan fingerprint density at radius 3 is 2.71 bits per heavy atom. The number of aliphatic hydroxyl groups is 1. The smallest absolute Gasteiger partial charge is 0.249 e. The third-order valence-corrected chi connectivity index (χ3v) is 3.75. The van der Waals surface area contributed by atoms with Crippen molar-refractivity contribution in [1.29, 1.82) is 0 Å². The monoisotopic (exact) mass is 324 g/mol. The third kappa shape index (κ3) is 4.24. The second kappa shape index (κ2) is 7.81. The van der Waals surface area contributed by atoms with Gasteiger partial charge in [-0.05, 0) is 31.2 Å². The summed E-state index contributed by atoms with van der Waals surface area (Å²) in [7, 11) is 1.96. The molecule has 0 aliphatic heterocycles. The average Bonchev–Trinajstić information content (AvgIpc) is 3.09. The molecule has 0 spiro atoms. The number of aromatic nitrogens is 3. The third-order valence-electron chi connectivity index (χ3n) is 3.75. The van der Waals surface area contributed by atoms with Gasteiger partial charge in [0.2, 0.25) is 11.8 Å². The van der Waals surface area contributed by atoms with Crippen LogP contribution in [0.15, 0.2) is 59.3 Å².